The van der Waals surface area contributed by atoms with Gasteiger partial charge in [-0.25, -0.2) is 4.21 Å². The van der Waals surface area contributed by atoms with Gasteiger partial charge in [0.15, 0.2) is 5.75 Å². The van der Waals surface area contributed by atoms with Crippen LogP contribution in [0.5, 0.6) is 11.5 Å². The molecule has 5 nitrogen and oxygen atoms in total. The SMILES string of the molecule is O=S(O)Nc1cc(C(=S)S)cc(N2CCCC2)c1Oc1ccccc1. The highest BCUT2D eigenvalue weighted by Gasteiger charge is 2.22. The van der Waals surface area contributed by atoms with E-state index in [2.05, 4.69) is 22.3 Å². The molecule has 0 radical (unpaired) electrons. The van der Waals surface area contributed by atoms with Crippen LogP contribution < -0.4 is 14.4 Å². The lowest BCUT2D eigenvalue weighted by Crippen LogP contribution is -2.19. The summed E-state index contributed by atoms with van der Waals surface area (Å²) in [6.07, 6.45) is 2.18. The van der Waals surface area contributed by atoms with E-state index in [0.29, 0.717) is 26.9 Å². The van der Waals surface area contributed by atoms with Crippen LogP contribution in [0.15, 0.2) is 42.5 Å². The third kappa shape index (κ3) is 4.52. The molecule has 25 heavy (non-hydrogen) atoms. The maximum atomic E-state index is 11.4. The number of hydrogen-bond donors (Lipinski definition) is 3. The van der Waals surface area contributed by atoms with Crippen LogP contribution in [0.1, 0.15) is 18.4 Å². The van der Waals surface area contributed by atoms with Crippen LogP contribution in [-0.4, -0.2) is 26.0 Å². The van der Waals surface area contributed by atoms with Gasteiger partial charge in [-0.15, -0.1) is 12.6 Å². The summed E-state index contributed by atoms with van der Waals surface area (Å²) >= 11 is 7.20. The van der Waals surface area contributed by atoms with E-state index in [1.165, 1.54) is 0 Å². The van der Waals surface area contributed by atoms with E-state index in [9.17, 15) is 8.76 Å². The molecule has 1 aliphatic rings. The highest BCUT2D eigenvalue weighted by molar-refractivity contribution is 8.11. The lowest BCUT2D eigenvalue weighted by Gasteiger charge is -2.24. The molecule has 8 heteroatoms. The molecular formula is C17H18N2O3S3. The summed E-state index contributed by atoms with van der Waals surface area (Å²) in [6, 6.07) is 12.9. The second kappa shape index (κ2) is 8.18. The molecule has 1 unspecified atom stereocenters. The topological polar surface area (TPSA) is 61.8 Å². The summed E-state index contributed by atoms with van der Waals surface area (Å²) in [5.74, 6) is 1.15. The average molecular weight is 395 g/mol. The summed E-state index contributed by atoms with van der Waals surface area (Å²) in [7, 11) is 0. The summed E-state index contributed by atoms with van der Waals surface area (Å²) in [4.78, 5) is 2.19. The van der Waals surface area contributed by atoms with Crippen molar-refractivity contribution in [2.24, 2.45) is 0 Å². The normalized spacial score (nSPS) is 15.0. The molecule has 3 rings (SSSR count). The van der Waals surface area contributed by atoms with Gasteiger partial charge in [-0.3, -0.25) is 9.27 Å². The van der Waals surface area contributed by atoms with Crippen LogP contribution in [0.3, 0.4) is 0 Å². The Kier molecular flexibility index (Phi) is 5.95. The molecule has 0 bridgehead atoms. The number of benzene rings is 2. The monoisotopic (exact) mass is 394 g/mol. The lowest BCUT2D eigenvalue weighted by molar-refractivity contribution is 0.484. The van der Waals surface area contributed by atoms with E-state index in [4.69, 9.17) is 17.0 Å². The van der Waals surface area contributed by atoms with Crippen molar-refractivity contribution in [3.05, 3.63) is 48.0 Å². The van der Waals surface area contributed by atoms with Gasteiger partial charge in [0.05, 0.1) is 15.6 Å². The van der Waals surface area contributed by atoms with Crippen LogP contribution in [0.4, 0.5) is 11.4 Å². The fraction of sp³-hybridized carbons (Fsp3) is 0.235. The number of ether oxygens (including phenoxy) is 1. The minimum absolute atomic E-state index is 0.403. The first-order chi connectivity index (χ1) is 12.0. The maximum absolute atomic E-state index is 11.4. The molecule has 2 N–H and O–H groups in total. The van der Waals surface area contributed by atoms with Gasteiger partial charge in [0.2, 0.25) is 0 Å². The summed E-state index contributed by atoms with van der Waals surface area (Å²) < 4.78 is 29.7. The van der Waals surface area contributed by atoms with Crippen LogP contribution in [0.25, 0.3) is 0 Å². The molecule has 0 saturated carbocycles. The Morgan fingerprint density at radius 2 is 1.92 bits per heavy atom. The molecule has 2 aromatic carbocycles. The van der Waals surface area contributed by atoms with Gasteiger partial charge in [-0.1, -0.05) is 30.4 Å². The predicted octanol–water partition coefficient (Wildman–Crippen LogP) is 4.23. The molecule has 0 aromatic heterocycles. The fourth-order valence-electron chi connectivity index (χ4n) is 2.81. The summed E-state index contributed by atoms with van der Waals surface area (Å²) in [5, 5.41) is 0. The highest BCUT2D eigenvalue weighted by Crippen LogP contribution is 2.42. The van der Waals surface area contributed by atoms with Gasteiger partial charge in [-0.2, -0.15) is 0 Å². The minimum atomic E-state index is -2.23. The Morgan fingerprint density at radius 3 is 2.52 bits per heavy atom. The Labute approximate surface area is 160 Å². The van der Waals surface area contributed by atoms with Gasteiger partial charge in [-0.05, 0) is 37.1 Å². The quantitative estimate of drug-likeness (QED) is 0.389. The Balaban J connectivity index is 2.12. The summed E-state index contributed by atoms with van der Waals surface area (Å²) in [5.41, 5.74) is 1.94. The zero-order valence-corrected chi connectivity index (χ0v) is 15.9. The van der Waals surface area contributed by atoms with Crippen molar-refractivity contribution in [1.82, 2.24) is 0 Å². The third-order valence-corrected chi connectivity index (χ3v) is 4.81. The number of nitrogens with zero attached hydrogens (tertiary/aromatic N) is 1. The maximum Gasteiger partial charge on any atom is 0.259 e. The van der Waals surface area contributed by atoms with E-state index in [1.807, 2.05) is 36.4 Å². The molecule has 0 amide bonds. The van der Waals surface area contributed by atoms with Crippen LogP contribution in [-0.2, 0) is 11.3 Å². The Hall–Kier alpha value is -1.61. The summed E-state index contributed by atoms with van der Waals surface area (Å²) in [6.45, 7) is 1.80. The number of para-hydroxylation sites is 1. The Bertz CT molecular complexity index is 793. The van der Waals surface area contributed by atoms with Crippen molar-refractivity contribution < 1.29 is 13.5 Å². The second-order valence-corrected chi connectivity index (χ2v) is 7.50. The minimum Gasteiger partial charge on any atom is -0.453 e. The molecule has 1 atom stereocenters. The smallest absolute Gasteiger partial charge is 0.259 e. The van der Waals surface area contributed by atoms with Crippen LogP contribution in [0.2, 0.25) is 0 Å². The molecule has 1 heterocycles. The third-order valence-electron chi connectivity index (χ3n) is 3.92. The van der Waals surface area contributed by atoms with Gasteiger partial charge >= 0.3 is 0 Å². The fourth-order valence-corrected chi connectivity index (χ4v) is 3.40. The molecule has 1 fully saturated rings. The highest BCUT2D eigenvalue weighted by atomic mass is 32.2. The number of thiol groups is 1. The van der Waals surface area contributed by atoms with Crippen molar-refractivity contribution in [2.45, 2.75) is 12.8 Å². The van der Waals surface area contributed by atoms with Crippen LogP contribution in [0, 0.1) is 0 Å². The average Bonchev–Trinajstić information content (AvgIpc) is 3.11. The van der Waals surface area contributed by atoms with E-state index < -0.39 is 11.3 Å². The first-order valence-electron chi connectivity index (χ1n) is 7.81. The van der Waals surface area contributed by atoms with Crippen molar-refractivity contribution >= 4 is 51.7 Å². The van der Waals surface area contributed by atoms with E-state index in [0.717, 1.165) is 31.6 Å². The first-order valence-corrected chi connectivity index (χ1v) is 9.77. The number of hydrogen-bond acceptors (Lipinski definition) is 4. The zero-order chi connectivity index (χ0) is 17.8. The largest absolute Gasteiger partial charge is 0.453 e. The molecule has 132 valence electrons. The van der Waals surface area contributed by atoms with E-state index in [-0.39, 0.29) is 0 Å². The molecule has 2 aromatic rings. The van der Waals surface area contributed by atoms with E-state index in [1.54, 1.807) is 6.07 Å². The van der Waals surface area contributed by atoms with Crippen LogP contribution >= 0.6 is 24.8 Å². The molecule has 0 spiro atoms. The Morgan fingerprint density at radius 1 is 1.24 bits per heavy atom. The number of nitrogens with one attached hydrogen (secondary N) is 1. The predicted molar refractivity (Wildman–Crippen MR) is 109 cm³/mol. The molecule has 0 aliphatic carbocycles. The number of anilines is 2. The second-order valence-electron chi connectivity index (χ2n) is 5.64. The van der Waals surface area contributed by atoms with E-state index >= 15 is 0 Å². The van der Waals surface area contributed by atoms with Gasteiger partial charge in [0.25, 0.3) is 11.3 Å². The zero-order valence-electron chi connectivity index (χ0n) is 13.3. The number of rotatable bonds is 6. The van der Waals surface area contributed by atoms with Gasteiger partial charge < -0.3 is 9.64 Å². The first kappa shape index (κ1) is 18.2. The van der Waals surface area contributed by atoms with Crippen molar-refractivity contribution in [2.75, 3.05) is 22.7 Å². The van der Waals surface area contributed by atoms with Crippen molar-refractivity contribution in [3.8, 4) is 11.5 Å². The van der Waals surface area contributed by atoms with Gasteiger partial charge in [0, 0.05) is 18.7 Å². The lowest BCUT2D eigenvalue weighted by atomic mass is 10.1. The van der Waals surface area contributed by atoms with Gasteiger partial charge in [0.1, 0.15) is 5.75 Å². The molecular weight excluding hydrogens is 376 g/mol. The standard InChI is InChI=1S/C17H18N2O3S3/c20-25(21)18-14-10-12(17(23)24)11-15(19-8-4-5-9-19)16(14)22-13-6-2-1-3-7-13/h1-3,6-7,10-11,18H,4-5,8-9H2,(H,20,21)(H,23,24). The van der Waals surface area contributed by atoms with Crippen molar-refractivity contribution in [3.63, 3.8) is 0 Å². The number of thiocarbonyl (C=S) groups is 1. The molecule has 1 saturated heterocycles. The van der Waals surface area contributed by atoms with Crippen molar-refractivity contribution in [1.29, 1.82) is 0 Å². The molecule has 1 aliphatic heterocycles.